The first-order valence-corrected chi connectivity index (χ1v) is 16.1. The number of ether oxygens (including phenoxy) is 2. The number of rotatable bonds is 9. The summed E-state index contributed by atoms with van der Waals surface area (Å²) >= 11 is 0. The molecule has 4 saturated heterocycles. The molecule has 0 aliphatic carbocycles. The van der Waals surface area contributed by atoms with E-state index >= 15 is 0 Å². The Balaban J connectivity index is 1.45. The minimum absolute atomic E-state index is 0.0959. The van der Waals surface area contributed by atoms with Gasteiger partial charge in [0.1, 0.15) is 0 Å². The predicted molar refractivity (Wildman–Crippen MR) is 125 cm³/mol. The molecule has 10 atom stereocenters. The van der Waals surface area contributed by atoms with Crippen LogP contribution in [0.1, 0.15) is 27.2 Å². The van der Waals surface area contributed by atoms with Crippen LogP contribution in [0.25, 0.3) is 0 Å². The number of aliphatic hydroxyl groups excluding tert-OH is 1. The van der Waals surface area contributed by atoms with Gasteiger partial charge in [-0.05, 0) is 0 Å². The van der Waals surface area contributed by atoms with Crippen molar-refractivity contribution in [2.45, 2.75) is 69.9 Å². The number of aliphatic hydroxyl groups is 1. The van der Waals surface area contributed by atoms with Crippen molar-refractivity contribution in [1.82, 2.24) is 15.5 Å². The molecule has 4 aliphatic rings. The van der Waals surface area contributed by atoms with Crippen LogP contribution in [0.3, 0.4) is 0 Å². The summed E-state index contributed by atoms with van der Waals surface area (Å²) in [6.45, 7) is 5.95. The minimum atomic E-state index is -5.59. The standard InChI is InChI=1S/C16H36N5O13P3/c1-14(6-17)7-21(13-15(14,2)11-12(32-11)19-16(3,18)20-13)10-4-8(22)9(31-10)5-30-36(26,27)34-37(28,29)33-35(23,24)25/h8-13,19-20,22,26-27,36H,4-7,17-18H2,1-3H3,(H,28,29)(H2,23,24,25). The number of nitrogens with one attached hydrogen (secondary N) is 2. The number of fused-ring (bicyclic) bond motifs is 3. The number of nitrogens with two attached hydrogens (primary N) is 2. The van der Waals surface area contributed by atoms with E-state index in [2.05, 4.69) is 26.2 Å². The molecular weight excluding hydrogens is 563 g/mol. The Morgan fingerprint density at radius 1 is 1.16 bits per heavy atom. The average Bonchev–Trinajstić information content (AvgIpc) is 3.32. The number of phosphoric acid groups is 2. The van der Waals surface area contributed by atoms with Crippen LogP contribution < -0.4 is 22.1 Å². The maximum absolute atomic E-state index is 11.6. The second-order valence-electron chi connectivity index (χ2n) is 10.5. The molecule has 0 aromatic carbocycles. The molecule has 37 heavy (non-hydrogen) atoms. The van der Waals surface area contributed by atoms with Crippen molar-refractivity contribution in [2.24, 2.45) is 22.3 Å². The molecule has 0 aromatic rings. The summed E-state index contributed by atoms with van der Waals surface area (Å²) in [6.07, 6.45) is -3.68. The summed E-state index contributed by atoms with van der Waals surface area (Å²) in [4.78, 5) is 48.3. The Kier molecular flexibility index (Phi) is 7.90. The Labute approximate surface area is 213 Å². The average molecular weight is 599 g/mol. The van der Waals surface area contributed by atoms with Crippen LogP contribution >= 0.6 is 23.8 Å². The van der Waals surface area contributed by atoms with Gasteiger partial charge >= 0.3 is 213 Å². The van der Waals surface area contributed by atoms with E-state index in [0.29, 0.717) is 13.1 Å². The van der Waals surface area contributed by atoms with Crippen molar-refractivity contribution >= 4 is 23.8 Å². The van der Waals surface area contributed by atoms with Crippen molar-refractivity contribution in [3.05, 3.63) is 0 Å². The number of nitrogens with zero attached hydrogens (tertiary/aromatic N) is 1. The van der Waals surface area contributed by atoms with Crippen molar-refractivity contribution < 1.29 is 61.3 Å². The fourth-order valence-corrected chi connectivity index (χ4v) is 8.81. The van der Waals surface area contributed by atoms with E-state index in [9.17, 15) is 28.9 Å². The van der Waals surface area contributed by atoms with Crippen LogP contribution in [0.15, 0.2) is 0 Å². The summed E-state index contributed by atoms with van der Waals surface area (Å²) in [5.41, 5.74) is 11.7. The van der Waals surface area contributed by atoms with Crippen LogP contribution in [0, 0.1) is 10.8 Å². The monoisotopic (exact) mass is 599 g/mol. The van der Waals surface area contributed by atoms with E-state index in [1.165, 1.54) is 0 Å². The van der Waals surface area contributed by atoms with Crippen LogP contribution in [0.5, 0.6) is 0 Å². The first-order chi connectivity index (χ1) is 16.7. The van der Waals surface area contributed by atoms with Gasteiger partial charge in [-0.1, -0.05) is 0 Å². The van der Waals surface area contributed by atoms with Crippen LogP contribution in [0.4, 0.5) is 0 Å². The Morgan fingerprint density at radius 3 is 2.41 bits per heavy atom. The quantitative estimate of drug-likeness (QED) is 0.0950. The van der Waals surface area contributed by atoms with Gasteiger partial charge in [0, 0.05) is 0 Å². The predicted octanol–water partition coefficient (Wildman–Crippen LogP) is -2.74. The first-order valence-electron chi connectivity index (χ1n) is 11.4. The van der Waals surface area contributed by atoms with E-state index in [1.54, 1.807) is 6.92 Å². The molecule has 0 amide bonds. The van der Waals surface area contributed by atoms with E-state index in [-0.39, 0.29) is 18.8 Å². The van der Waals surface area contributed by atoms with Crippen LogP contribution in [0.2, 0.25) is 0 Å². The summed E-state index contributed by atoms with van der Waals surface area (Å²) in [7, 11) is -16.5. The van der Waals surface area contributed by atoms with E-state index in [4.69, 9.17) is 35.3 Å². The second-order valence-corrected chi connectivity index (χ2v) is 15.2. The molecule has 0 radical (unpaired) electrons. The number of epoxide rings is 1. The van der Waals surface area contributed by atoms with Gasteiger partial charge in [0.05, 0.1) is 0 Å². The number of hydrogen-bond acceptors (Lipinski definition) is 15. The second kappa shape index (κ2) is 9.67. The Morgan fingerprint density at radius 2 is 1.81 bits per heavy atom. The molecule has 4 fully saturated rings. The van der Waals surface area contributed by atoms with Crippen molar-refractivity contribution in [3.63, 3.8) is 0 Å². The fraction of sp³-hybridized carbons (Fsp3) is 1.00. The topological polar surface area (TPSA) is 284 Å². The third-order valence-electron chi connectivity index (χ3n) is 7.60. The molecular formula is C16H36N5O13P3. The summed E-state index contributed by atoms with van der Waals surface area (Å²) in [5, 5.41) is 17.2. The van der Waals surface area contributed by atoms with Crippen molar-refractivity contribution in [1.29, 1.82) is 0 Å². The Hall–Kier alpha value is 0.250. The van der Waals surface area contributed by atoms with E-state index < -0.39 is 71.6 Å². The summed E-state index contributed by atoms with van der Waals surface area (Å²) < 4.78 is 46.6. The van der Waals surface area contributed by atoms with Gasteiger partial charge in [0.2, 0.25) is 0 Å². The van der Waals surface area contributed by atoms with Gasteiger partial charge < -0.3 is 0 Å². The zero-order valence-corrected chi connectivity index (χ0v) is 23.1. The van der Waals surface area contributed by atoms with Crippen molar-refractivity contribution in [3.8, 4) is 0 Å². The van der Waals surface area contributed by atoms with Gasteiger partial charge in [0.15, 0.2) is 0 Å². The van der Waals surface area contributed by atoms with Gasteiger partial charge in [0.25, 0.3) is 0 Å². The molecule has 4 heterocycles. The molecule has 4 rings (SSSR count). The number of likely N-dealkylation sites (tertiary alicyclic amines) is 1. The van der Waals surface area contributed by atoms with Crippen LogP contribution in [-0.4, -0.2) is 96.9 Å². The first kappa shape index (κ1) is 30.2. The number of hydrogen-bond donors (Lipinski definition) is 10. The summed E-state index contributed by atoms with van der Waals surface area (Å²) in [5.74, 6) is -0.997. The Bertz CT molecular complexity index is 988. The van der Waals surface area contributed by atoms with E-state index in [0.717, 1.165) is 0 Å². The van der Waals surface area contributed by atoms with Gasteiger partial charge in [-0.3, -0.25) is 0 Å². The zero-order valence-electron chi connectivity index (χ0n) is 20.3. The fourth-order valence-electron chi connectivity index (χ4n) is 5.51. The van der Waals surface area contributed by atoms with Gasteiger partial charge in [-0.25, -0.2) is 0 Å². The molecule has 0 saturated carbocycles. The molecule has 21 heteroatoms. The normalized spacial score (nSPS) is 46.7. The van der Waals surface area contributed by atoms with Gasteiger partial charge in [-0.2, -0.15) is 0 Å². The SMILES string of the molecule is CC1(N)NC2OC2C2(C)C(N1)N(C1CC(O)C(CO[PH](O)(O)OP(=O)(O)OP(=O)(O)O)O1)CC2(C)CN. The third kappa shape index (κ3) is 6.14. The molecule has 0 bridgehead atoms. The molecule has 218 valence electrons. The van der Waals surface area contributed by atoms with Gasteiger partial charge in [-0.15, -0.1) is 0 Å². The molecule has 12 N–H and O–H groups in total. The molecule has 4 aliphatic heterocycles. The maximum atomic E-state index is 11.6. The zero-order chi connectivity index (χ0) is 27.8. The van der Waals surface area contributed by atoms with Crippen molar-refractivity contribution in [2.75, 3.05) is 19.7 Å². The molecule has 0 aromatic heterocycles. The third-order valence-corrected chi connectivity index (χ3v) is 11.7. The summed E-state index contributed by atoms with van der Waals surface area (Å²) in [6, 6.07) is 0. The van der Waals surface area contributed by atoms with Crippen LogP contribution in [-0.2, 0) is 31.7 Å². The molecule has 18 nitrogen and oxygen atoms in total. The van der Waals surface area contributed by atoms with E-state index in [1.807, 2.05) is 11.8 Å². The molecule has 0 spiro atoms. The molecule has 10 unspecified atom stereocenters.